The highest BCUT2D eigenvalue weighted by molar-refractivity contribution is 5.82. The number of hydrogen-bond acceptors (Lipinski definition) is 5. The largest absolute Gasteiger partial charge is 0.385 e. The third-order valence-electron chi connectivity index (χ3n) is 4.99. The van der Waals surface area contributed by atoms with Gasteiger partial charge < -0.3 is 10.5 Å². The standard InChI is InChI=1S/C20H19F3N4O/c1-18(2)20(22,23)19(3,27-17(25)11-28-18)14-8-13(5-6-15(14)21)16-7-4-12(9-24)10-26-16/h4-8,10H,11H2,1-3H3,(H2,25,27)/t19-/m1/s1. The molecule has 1 aromatic heterocycles. The summed E-state index contributed by atoms with van der Waals surface area (Å²) < 4.78 is 50.9. The van der Waals surface area contributed by atoms with Crippen molar-refractivity contribution >= 4 is 5.84 Å². The van der Waals surface area contributed by atoms with Crippen molar-refractivity contribution in [3.63, 3.8) is 0 Å². The summed E-state index contributed by atoms with van der Waals surface area (Å²) in [6.07, 6.45) is 1.35. The Hall–Kier alpha value is -2.92. The molecule has 1 aliphatic heterocycles. The van der Waals surface area contributed by atoms with Gasteiger partial charge in [-0.15, -0.1) is 0 Å². The van der Waals surface area contributed by atoms with Crippen molar-refractivity contribution in [3.8, 4) is 17.3 Å². The van der Waals surface area contributed by atoms with Gasteiger partial charge in [-0.3, -0.25) is 9.98 Å². The second kappa shape index (κ2) is 6.60. The summed E-state index contributed by atoms with van der Waals surface area (Å²) >= 11 is 0. The average Bonchev–Trinajstić information content (AvgIpc) is 2.71. The van der Waals surface area contributed by atoms with Crippen LogP contribution in [0.5, 0.6) is 0 Å². The lowest BCUT2D eigenvalue weighted by atomic mass is 9.77. The van der Waals surface area contributed by atoms with E-state index in [4.69, 9.17) is 15.7 Å². The first-order valence-corrected chi connectivity index (χ1v) is 8.54. The van der Waals surface area contributed by atoms with Crippen molar-refractivity contribution in [1.29, 1.82) is 5.26 Å². The molecule has 5 nitrogen and oxygen atoms in total. The molecule has 2 heterocycles. The highest BCUT2D eigenvalue weighted by Gasteiger charge is 2.63. The lowest BCUT2D eigenvalue weighted by molar-refractivity contribution is -0.214. The van der Waals surface area contributed by atoms with E-state index in [-0.39, 0.29) is 18.0 Å². The number of halogens is 3. The van der Waals surface area contributed by atoms with E-state index in [1.54, 1.807) is 12.1 Å². The van der Waals surface area contributed by atoms with Crippen LogP contribution < -0.4 is 5.73 Å². The maximum absolute atomic E-state index is 15.5. The number of aromatic nitrogens is 1. The van der Waals surface area contributed by atoms with Gasteiger partial charge in [0.15, 0.2) is 5.54 Å². The minimum atomic E-state index is -3.57. The van der Waals surface area contributed by atoms with Crippen LogP contribution in [0.4, 0.5) is 13.2 Å². The van der Waals surface area contributed by atoms with E-state index in [0.29, 0.717) is 16.8 Å². The van der Waals surface area contributed by atoms with E-state index in [1.165, 1.54) is 32.2 Å². The smallest absolute Gasteiger partial charge is 0.304 e. The molecule has 1 atom stereocenters. The molecule has 0 radical (unpaired) electrons. The van der Waals surface area contributed by atoms with Crippen LogP contribution in [0.1, 0.15) is 31.9 Å². The Morgan fingerprint density at radius 1 is 1.18 bits per heavy atom. The fourth-order valence-electron chi connectivity index (χ4n) is 3.24. The van der Waals surface area contributed by atoms with Gasteiger partial charge in [0.05, 0.1) is 11.3 Å². The zero-order chi connectivity index (χ0) is 20.7. The van der Waals surface area contributed by atoms with Gasteiger partial charge >= 0.3 is 5.92 Å². The van der Waals surface area contributed by atoms with Crippen molar-refractivity contribution in [1.82, 2.24) is 4.98 Å². The number of ether oxygens (including phenoxy) is 1. The van der Waals surface area contributed by atoms with Gasteiger partial charge in [-0.1, -0.05) is 0 Å². The molecule has 0 spiro atoms. The Labute approximate surface area is 160 Å². The lowest BCUT2D eigenvalue weighted by Crippen LogP contribution is -2.56. The molecule has 8 heteroatoms. The lowest BCUT2D eigenvalue weighted by Gasteiger charge is -2.42. The first-order valence-electron chi connectivity index (χ1n) is 8.54. The molecule has 28 heavy (non-hydrogen) atoms. The van der Waals surface area contributed by atoms with Gasteiger partial charge in [0, 0.05) is 17.3 Å². The monoisotopic (exact) mass is 388 g/mol. The topological polar surface area (TPSA) is 84.3 Å². The van der Waals surface area contributed by atoms with Crippen LogP contribution in [-0.2, 0) is 10.3 Å². The molecular formula is C20H19F3N4O. The number of hydrogen-bond donors (Lipinski definition) is 1. The SMILES string of the molecule is CC1(C)OCC(N)=N[C@](C)(c2cc(-c3ccc(C#N)cn3)ccc2F)C1(F)F. The molecule has 2 N–H and O–H groups in total. The minimum absolute atomic E-state index is 0.144. The van der Waals surface area contributed by atoms with Crippen LogP contribution in [0.15, 0.2) is 41.5 Å². The van der Waals surface area contributed by atoms with Crippen LogP contribution in [0.3, 0.4) is 0 Å². The molecule has 0 fully saturated rings. The van der Waals surface area contributed by atoms with Crippen molar-refractivity contribution in [2.45, 2.75) is 37.8 Å². The van der Waals surface area contributed by atoms with Crippen molar-refractivity contribution in [2.75, 3.05) is 6.61 Å². The highest BCUT2D eigenvalue weighted by Crippen LogP contribution is 2.50. The molecule has 1 aliphatic rings. The Balaban J connectivity index is 2.20. The van der Waals surface area contributed by atoms with Crippen molar-refractivity contribution in [2.24, 2.45) is 10.7 Å². The van der Waals surface area contributed by atoms with Gasteiger partial charge in [0.2, 0.25) is 0 Å². The Morgan fingerprint density at radius 3 is 2.50 bits per heavy atom. The molecule has 0 unspecified atom stereocenters. The van der Waals surface area contributed by atoms with Gasteiger partial charge in [-0.25, -0.2) is 13.2 Å². The Morgan fingerprint density at radius 2 is 1.89 bits per heavy atom. The fourth-order valence-corrected chi connectivity index (χ4v) is 3.24. The molecule has 0 saturated heterocycles. The summed E-state index contributed by atoms with van der Waals surface area (Å²) in [5, 5.41) is 8.88. The second-order valence-electron chi connectivity index (χ2n) is 7.29. The summed E-state index contributed by atoms with van der Waals surface area (Å²) in [4.78, 5) is 8.10. The first kappa shape index (κ1) is 19.8. The number of pyridine rings is 1. The van der Waals surface area contributed by atoms with Crippen LogP contribution in [0, 0.1) is 17.1 Å². The van der Waals surface area contributed by atoms with Crippen LogP contribution in [-0.4, -0.2) is 29.0 Å². The van der Waals surface area contributed by atoms with E-state index in [1.807, 2.05) is 6.07 Å². The summed E-state index contributed by atoms with van der Waals surface area (Å²) in [6, 6.07) is 8.87. The average molecular weight is 388 g/mol. The van der Waals surface area contributed by atoms with Gasteiger partial charge in [0.1, 0.15) is 29.9 Å². The number of amidine groups is 1. The van der Waals surface area contributed by atoms with Crippen LogP contribution >= 0.6 is 0 Å². The second-order valence-corrected chi connectivity index (χ2v) is 7.29. The predicted molar refractivity (Wildman–Crippen MR) is 98.3 cm³/mol. The summed E-state index contributed by atoms with van der Waals surface area (Å²) in [6.45, 7) is 3.31. The van der Waals surface area contributed by atoms with Crippen LogP contribution in [0.25, 0.3) is 11.3 Å². The number of nitrogens with two attached hydrogens (primary N) is 1. The third-order valence-corrected chi connectivity index (χ3v) is 4.99. The summed E-state index contributed by atoms with van der Waals surface area (Å²) in [5.74, 6) is -4.55. The maximum Gasteiger partial charge on any atom is 0.304 e. The van der Waals surface area contributed by atoms with Gasteiger partial charge in [-0.2, -0.15) is 5.26 Å². The third kappa shape index (κ3) is 3.02. The zero-order valence-electron chi connectivity index (χ0n) is 15.6. The summed E-state index contributed by atoms with van der Waals surface area (Å²) in [7, 11) is 0. The molecule has 0 bridgehead atoms. The van der Waals surface area contributed by atoms with E-state index < -0.39 is 22.9 Å². The molecule has 146 valence electrons. The number of aliphatic imine (C=N–C) groups is 1. The molecule has 2 aromatic rings. The van der Waals surface area contributed by atoms with Crippen LogP contribution in [0.2, 0.25) is 0 Å². The number of rotatable bonds is 2. The van der Waals surface area contributed by atoms with E-state index in [2.05, 4.69) is 9.98 Å². The first-order chi connectivity index (χ1) is 13.0. The van der Waals surface area contributed by atoms with Gasteiger partial charge in [0.25, 0.3) is 0 Å². The fraction of sp³-hybridized carbons (Fsp3) is 0.350. The van der Waals surface area contributed by atoms with E-state index >= 15 is 8.78 Å². The normalized spacial score (nSPS) is 23.4. The van der Waals surface area contributed by atoms with Crippen molar-refractivity contribution in [3.05, 3.63) is 53.5 Å². The number of nitriles is 1. The van der Waals surface area contributed by atoms with E-state index in [0.717, 1.165) is 13.0 Å². The van der Waals surface area contributed by atoms with Gasteiger partial charge in [-0.05, 0) is 51.1 Å². The number of benzene rings is 1. The molecule has 1 aromatic carbocycles. The maximum atomic E-state index is 15.5. The molecular weight excluding hydrogens is 369 g/mol. The zero-order valence-corrected chi connectivity index (χ0v) is 15.6. The molecule has 0 amide bonds. The molecule has 0 saturated carbocycles. The molecule has 3 rings (SSSR count). The highest BCUT2D eigenvalue weighted by atomic mass is 19.3. The number of nitrogens with zero attached hydrogens (tertiary/aromatic N) is 3. The minimum Gasteiger partial charge on any atom is -0.385 e. The Kier molecular flexibility index (Phi) is 4.68. The summed E-state index contributed by atoms with van der Waals surface area (Å²) in [5.41, 5.74) is 2.39. The Bertz CT molecular complexity index is 980. The predicted octanol–water partition coefficient (Wildman–Crippen LogP) is 3.78. The number of alkyl halides is 2. The quantitative estimate of drug-likeness (QED) is 0.849. The molecule has 0 aliphatic carbocycles. The van der Waals surface area contributed by atoms with Crippen molar-refractivity contribution < 1.29 is 17.9 Å². The van der Waals surface area contributed by atoms with E-state index in [9.17, 15) is 4.39 Å².